The van der Waals surface area contributed by atoms with E-state index >= 15 is 0 Å². The van der Waals surface area contributed by atoms with Gasteiger partial charge in [0.1, 0.15) is 5.82 Å². The minimum absolute atomic E-state index is 0.0652. The van der Waals surface area contributed by atoms with Gasteiger partial charge in [0.15, 0.2) is 23.4 Å². The summed E-state index contributed by atoms with van der Waals surface area (Å²) in [5.74, 6) is -4.94. The van der Waals surface area contributed by atoms with Gasteiger partial charge in [0, 0.05) is 31.7 Å². The molecule has 2 aromatic heterocycles. The minimum Gasteiger partial charge on any atom is -0.430 e. The maximum absolute atomic E-state index is 13.6. The Balaban J connectivity index is 1.21. The van der Waals surface area contributed by atoms with Crippen molar-refractivity contribution >= 4 is 23.3 Å². The molecule has 0 saturated carbocycles. The second kappa shape index (κ2) is 11.6. The molecular formula is C28H22F5N5O4. The van der Waals surface area contributed by atoms with Gasteiger partial charge in [0.2, 0.25) is 11.7 Å². The lowest BCUT2D eigenvalue weighted by molar-refractivity contribution is -0.142. The van der Waals surface area contributed by atoms with Crippen LogP contribution in [0.4, 0.5) is 33.5 Å². The highest BCUT2D eigenvalue weighted by atomic mass is 19.4. The van der Waals surface area contributed by atoms with E-state index < -0.39 is 47.2 Å². The van der Waals surface area contributed by atoms with Gasteiger partial charge < -0.3 is 24.6 Å². The highest BCUT2D eigenvalue weighted by molar-refractivity contribution is 6.03. The number of carbonyl (C=O) groups excluding carboxylic acids is 2. The molecule has 0 aliphatic carbocycles. The SMILES string of the molecule is O=C(Nc1ccc(N2CCN(C(=O)C(O)c3ccc(F)c(F)c3)CC2)nc1)c1oc(-c2ccccc2)nc1C(F)(F)F. The average Bonchev–Trinajstić information content (AvgIpc) is 3.46. The van der Waals surface area contributed by atoms with Gasteiger partial charge in [-0.25, -0.2) is 18.7 Å². The molecule has 218 valence electrons. The van der Waals surface area contributed by atoms with E-state index in [0.29, 0.717) is 18.9 Å². The number of hydrogen-bond donors (Lipinski definition) is 2. The van der Waals surface area contributed by atoms with Crippen molar-refractivity contribution in [3.05, 3.63) is 95.5 Å². The van der Waals surface area contributed by atoms with E-state index in [-0.39, 0.29) is 35.8 Å². The van der Waals surface area contributed by atoms with Crippen LogP contribution in [0.25, 0.3) is 11.5 Å². The number of nitrogens with one attached hydrogen (secondary N) is 1. The molecule has 1 unspecified atom stereocenters. The molecular weight excluding hydrogens is 565 g/mol. The monoisotopic (exact) mass is 587 g/mol. The Labute approximate surface area is 235 Å². The second-order valence-electron chi connectivity index (χ2n) is 9.31. The summed E-state index contributed by atoms with van der Waals surface area (Å²) in [5, 5.41) is 12.7. The number of carbonyl (C=O) groups is 2. The lowest BCUT2D eigenvalue weighted by Crippen LogP contribution is -2.50. The van der Waals surface area contributed by atoms with E-state index in [0.717, 1.165) is 18.2 Å². The second-order valence-corrected chi connectivity index (χ2v) is 9.31. The van der Waals surface area contributed by atoms with Crippen molar-refractivity contribution in [2.45, 2.75) is 12.3 Å². The van der Waals surface area contributed by atoms with E-state index in [1.54, 1.807) is 24.3 Å². The molecule has 0 bridgehead atoms. The normalized spacial score (nSPS) is 14.5. The van der Waals surface area contributed by atoms with Gasteiger partial charge >= 0.3 is 6.18 Å². The zero-order valence-corrected chi connectivity index (χ0v) is 21.6. The maximum Gasteiger partial charge on any atom is 0.437 e. The highest BCUT2D eigenvalue weighted by Gasteiger charge is 2.41. The van der Waals surface area contributed by atoms with Gasteiger partial charge in [-0.05, 0) is 42.0 Å². The number of aliphatic hydroxyl groups is 1. The molecule has 2 N–H and O–H groups in total. The Morgan fingerprint density at radius 3 is 2.29 bits per heavy atom. The highest BCUT2D eigenvalue weighted by Crippen LogP contribution is 2.35. The Kier molecular flexibility index (Phi) is 7.89. The lowest BCUT2D eigenvalue weighted by atomic mass is 10.1. The molecule has 42 heavy (non-hydrogen) atoms. The van der Waals surface area contributed by atoms with Gasteiger partial charge in [-0.2, -0.15) is 13.2 Å². The van der Waals surface area contributed by atoms with Crippen LogP contribution in [0.3, 0.4) is 0 Å². The first-order valence-electron chi connectivity index (χ1n) is 12.6. The maximum atomic E-state index is 13.6. The van der Waals surface area contributed by atoms with Gasteiger partial charge in [0.25, 0.3) is 11.8 Å². The Morgan fingerprint density at radius 1 is 0.952 bits per heavy atom. The molecule has 9 nitrogen and oxygen atoms in total. The fourth-order valence-corrected chi connectivity index (χ4v) is 4.36. The van der Waals surface area contributed by atoms with Gasteiger partial charge in [0.05, 0.1) is 11.9 Å². The predicted octanol–water partition coefficient (Wildman–Crippen LogP) is 4.67. The number of benzene rings is 2. The van der Waals surface area contributed by atoms with Gasteiger partial charge in [-0.15, -0.1) is 0 Å². The Morgan fingerprint density at radius 2 is 1.67 bits per heavy atom. The molecule has 2 aromatic carbocycles. The molecule has 4 aromatic rings. The van der Waals surface area contributed by atoms with Crippen molar-refractivity contribution in [2.75, 3.05) is 36.4 Å². The molecule has 5 rings (SSSR count). The van der Waals surface area contributed by atoms with Crippen molar-refractivity contribution in [3.63, 3.8) is 0 Å². The summed E-state index contributed by atoms with van der Waals surface area (Å²) in [5.41, 5.74) is -1.14. The van der Waals surface area contributed by atoms with Crippen LogP contribution in [-0.4, -0.2) is 58.0 Å². The fourth-order valence-electron chi connectivity index (χ4n) is 4.36. The first-order chi connectivity index (χ1) is 20.0. The molecule has 2 amide bonds. The molecule has 1 fully saturated rings. The van der Waals surface area contributed by atoms with Crippen LogP contribution in [0.1, 0.15) is 27.9 Å². The topological polar surface area (TPSA) is 112 Å². The van der Waals surface area contributed by atoms with Crippen molar-refractivity contribution in [1.82, 2.24) is 14.9 Å². The number of piperazine rings is 1. The first-order valence-corrected chi connectivity index (χ1v) is 12.6. The molecule has 3 heterocycles. The summed E-state index contributed by atoms with van der Waals surface area (Å²) in [6.07, 6.45) is -5.32. The number of hydrogen-bond acceptors (Lipinski definition) is 7. The third-order valence-electron chi connectivity index (χ3n) is 6.54. The number of oxazole rings is 1. The number of anilines is 2. The third-order valence-corrected chi connectivity index (χ3v) is 6.54. The molecule has 14 heteroatoms. The Bertz CT molecular complexity index is 1590. The molecule has 1 aliphatic heterocycles. The van der Waals surface area contributed by atoms with Gasteiger partial charge in [-0.1, -0.05) is 24.3 Å². The van der Waals surface area contributed by atoms with Gasteiger partial charge in [-0.3, -0.25) is 9.59 Å². The summed E-state index contributed by atoms with van der Waals surface area (Å²) >= 11 is 0. The zero-order chi connectivity index (χ0) is 30.0. The van der Waals surface area contributed by atoms with Crippen LogP contribution in [0, 0.1) is 11.6 Å². The molecule has 1 saturated heterocycles. The van der Waals surface area contributed by atoms with Crippen LogP contribution >= 0.6 is 0 Å². The number of pyridine rings is 1. The fraction of sp³-hybridized carbons (Fsp3) is 0.214. The largest absolute Gasteiger partial charge is 0.437 e. The van der Waals surface area contributed by atoms with Crippen LogP contribution in [0.5, 0.6) is 0 Å². The predicted molar refractivity (Wildman–Crippen MR) is 139 cm³/mol. The first kappa shape index (κ1) is 28.7. The van der Waals surface area contributed by atoms with Crippen LogP contribution in [-0.2, 0) is 11.0 Å². The summed E-state index contributed by atoms with van der Waals surface area (Å²) in [6.45, 7) is 1.05. The number of aromatic nitrogens is 2. The number of nitrogens with zero attached hydrogens (tertiary/aromatic N) is 4. The molecule has 1 atom stereocenters. The van der Waals surface area contributed by atoms with E-state index in [2.05, 4.69) is 15.3 Å². The number of aliphatic hydroxyl groups excluding tert-OH is 1. The number of amides is 2. The summed E-state index contributed by atoms with van der Waals surface area (Å²) in [6, 6.07) is 13.6. The number of alkyl halides is 3. The summed E-state index contributed by atoms with van der Waals surface area (Å²) < 4.78 is 72.6. The van der Waals surface area contributed by atoms with Crippen LogP contribution in [0.2, 0.25) is 0 Å². The van der Waals surface area contributed by atoms with E-state index in [1.165, 1.54) is 29.3 Å². The van der Waals surface area contributed by atoms with E-state index in [9.17, 15) is 36.6 Å². The number of rotatable bonds is 6. The van der Waals surface area contributed by atoms with Crippen molar-refractivity contribution in [3.8, 4) is 11.5 Å². The van der Waals surface area contributed by atoms with Crippen molar-refractivity contribution in [1.29, 1.82) is 0 Å². The standard InChI is InChI=1S/C28H22F5N5O4/c29-19-8-6-17(14-20(19)30)22(39)27(41)38-12-10-37(11-13-38)21-9-7-18(15-34-21)35-25(40)23-24(28(31,32)33)36-26(42-23)16-4-2-1-3-5-16/h1-9,14-15,22,39H,10-13H2,(H,35,40). The van der Waals surface area contributed by atoms with Crippen LogP contribution in [0.15, 0.2) is 71.3 Å². The molecule has 0 spiro atoms. The zero-order valence-electron chi connectivity index (χ0n) is 21.6. The van der Waals surface area contributed by atoms with Crippen molar-refractivity contribution in [2.24, 2.45) is 0 Å². The van der Waals surface area contributed by atoms with Crippen molar-refractivity contribution < 1.29 is 41.1 Å². The van der Waals surface area contributed by atoms with Crippen LogP contribution < -0.4 is 10.2 Å². The smallest absolute Gasteiger partial charge is 0.430 e. The minimum atomic E-state index is -4.93. The van der Waals surface area contributed by atoms with E-state index in [1.807, 2.05) is 4.90 Å². The quantitative estimate of drug-likeness (QED) is 0.316. The summed E-state index contributed by atoms with van der Waals surface area (Å²) in [7, 11) is 0. The van der Waals surface area contributed by atoms with E-state index in [4.69, 9.17) is 4.42 Å². The molecule has 1 aliphatic rings. The lowest BCUT2D eigenvalue weighted by Gasteiger charge is -2.36. The number of halogens is 5. The molecule has 0 radical (unpaired) electrons. The third kappa shape index (κ3) is 6.07. The Hall–Kier alpha value is -4.85. The summed E-state index contributed by atoms with van der Waals surface area (Å²) in [4.78, 5) is 36.4. The average molecular weight is 588 g/mol.